The van der Waals surface area contributed by atoms with Crippen molar-refractivity contribution in [1.82, 2.24) is 5.32 Å². The molecule has 7 heteroatoms. The summed E-state index contributed by atoms with van der Waals surface area (Å²) in [6.07, 6.45) is 3.77. The molecule has 0 aliphatic heterocycles. The van der Waals surface area contributed by atoms with E-state index in [1.807, 2.05) is 26.0 Å². The van der Waals surface area contributed by atoms with Gasteiger partial charge in [0, 0.05) is 17.5 Å². The first kappa shape index (κ1) is 21.0. The molecule has 1 aromatic carbocycles. The lowest BCUT2D eigenvalue weighted by atomic mass is 9.67. The third-order valence-electron chi connectivity index (χ3n) is 6.05. The number of ether oxygens (including phenoxy) is 1. The lowest BCUT2D eigenvalue weighted by Gasteiger charge is -2.36. The molecule has 2 amide bonds. The van der Waals surface area contributed by atoms with Gasteiger partial charge in [-0.05, 0) is 56.7 Å². The number of rotatable bonds is 6. The number of Topliss-reactive ketones (excluding diaryl/α,β-unsaturated/α-hetero) is 1. The third-order valence-corrected chi connectivity index (χ3v) is 6.05. The van der Waals surface area contributed by atoms with Gasteiger partial charge in [0.05, 0.1) is 12.5 Å². The van der Waals surface area contributed by atoms with Crippen LogP contribution in [0.3, 0.4) is 0 Å². The Hall–Kier alpha value is -2.70. The van der Waals surface area contributed by atoms with Gasteiger partial charge in [-0.1, -0.05) is 18.6 Å². The second-order valence-electron chi connectivity index (χ2n) is 8.08. The van der Waals surface area contributed by atoms with E-state index in [-0.39, 0.29) is 36.0 Å². The molecule has 0 aromatic heterocycles. The maximum Gasteiger partial charge on any atom is 0.309 e. The highest BCUT2D eigenvalue weighted by molar-refractivity contribution is 5.95. The molecule has 0 saturated heterocycles. The summed E-state index contributed by atoms with van der Waals surface area (Å²) in [5.41, 5.74) is 2.73. The fourth-order valence-electron chi connectivity index (χ4n) is 4.24. The van der Waals surface area contributed by atoms with Gasteiger partial charge in [-0.15, -0.1) is 0 Å². The highest BCUT2D eigenvalue weighted by Crippen LogP contribution is 2.40. The van der Waals surface area contributed by atoms with Crippen LogP contribution in [0.5, 0.6) is 0 Å². The molecule has 156 valence electrons. The second kappa shape index (κ2) is 9.20. The molecule has 0 spiro atoms. The molecule has 2 bridgehead atoms. The van der Waals surface area contributed by atoms with Gasteiger partial charge in [-0.25, -0.2) is 0 Å². The molecule has 2 atom stereocenters. The average Bonchev–Trinajstić information content (AvgIpc) is 2.68. The molecule has 2 aliphatic rings. The SMILES string of the molecule is Cc1cccc(NC(=O)CNC(=O)COC(=O)C2C[C@@H]3CCC[C@@H](C2)C3=O)c1C. The number of carbonyl (C=O) groups excluding carboxylic acids is 4. The van der Waals surface area contributed by atoms with Crippen molar-refractivity contribution < 1.29 is 23.9 Å². The minimum absolute atomic E-state index is 0.0392. The monoisotopic (exact) mass is 400 g/mol. The molecular weight excluding hydrogens is 372 g/mol. The van der Waals surface area contributed by atoms with Gasteiger partial charge in [0.1, 0.15) is 5.78 Å². The van der Waals surface area contributed by atoms with Crippen LogP contribution in [0.15, 0.2) is 18.2 Å². The minimum atomic E-state index is -0.526. The van der Waals surface area contributed by atoms with Gasteiger partial charge in [-0.2, -0.15) is 0 Å². The molecule has 29 heavy (non-hydrogen) atoms. The van der Waals surface area contributed by atoms with Crippen LogP contribution in [0.4, 0.5) is 5.69 Å². The highest BCUT2D eigenvalue weighted by Gasteiger charge is 2.41. The maximum absolute atomic E-state index is 12.3. The topological polar surface area (TPSA) is 102 Å². The Labute approximate surface area is 170 Å². The number of fused-ring (bicyclic) bond motifs is 2. The largest absolute Gasteiger partial charge is 0.455 e. The summed E-state index contributed by atoms with van der Waals surface area (Å²) in [6, 6.07) is 5.60. The van der Waals surface area contributed by atoms with Gasteiger partial charge in [0.15, 0.2) is 6.61 Å². The standard InChI is InChI=1S/C22H28N2O5/c1-13-5-3-8-18(14(13)2)24-19(25)11-23-20(26)12-29-22(28)17-9-15-6-4-7-16(10-17)21(15)27/h3,5,8,15-17H,4,6-7,9-12H2,1-2H3,(H,23,26)(H,24,25)/t15-,16-/m0/s1. The minimum Gasteiger partial charge on any atom is -0.455 e. The number of anilines is 1. The predicted octanol–water partition coefficient (Wildman–Crippen LogP) is 2.30. The molecule has 2 fully saturated rings. The molecule has 3 rings (SSSR count). The molecule has 7 nitrogen and oxygen atoms in total. The van der Waals surface area contributed by atoms with Crippen molar-refractivity contribution in [2.45, 2.75) is 46.0 Å². The molecule has 2 saturated carbocycles. The summed E-state index contributed by atoms with van der Waals surface area (Å²) in [6.45, 7) is 3.24. The summed E-state index contributed by atoms with van der Waals surface area (Å²) in [5.74, 6) is -1.41. The van der Waals surface area contributed by atoms with Crippen LogP contribution in [0.1, 0.15) is 43.2 Å². The Morgan fingerprint density at radius 1 is 1.07 bits per heavy atom. The maximum atomic E-state index is 12.3. The number of aryl methyl sites for hydroxylation is 1. The van der Waals surface area contributed by atoms with Crippen molar-refractivity contribution in [3.8, 4) is 0 Å². The molecule has 0 heterocycles. The first-order valence-electron chi connectivity index (χ1n) is 10.2. The zero-order valence-electron chi connectivity index (χ0n) is 17.0. The smallest absolute Gasteiger partial charge is 0.309 e. The number of carbonyl (C=O) groups is 4. The Balaban J connectivity index is 1.39. The van der Waals surface area contributed by atoms with Gasteiger partial charge in [0.2, 0.25) is 5.91 Å². The summed E-state index contributed by atoms with van der Waals surface area (Å²) in [7, 11) is 0. The fraction of sp³-hybridized carbons (Fsp3) is 0.545. The van der Waals surface area contributed by atoms with Crippen LogP contribution in [0.25, 0.3) is 0 Å². The van der Waals surface area contributed by atoms with E-state index in [1.165, 1.54) is 0 Å². The quantitative estimate of drug-likeness (QED) is 0.714. The number of ketones is 1. The van der Waals surface area contributed by atoms with E-state index in [2.05, 4.69) is 10.6 Å². The number of nitrogens with one attached hydrogen (secondary N) is 2. The van der Waals surface area contributed by atoms with Crippen molar-refractivity contribution in [3.05, 3.63) is 29.3 Å². The van der Waals surface area contributed by atoms with E-state index in [0.29, 0.717) is 18.5 Å². The van der Waals surface area contributed by atoms with Crippen LogP contribution >= 0.6 is 0 Å². The van der Waals surface area contributed by atoms with Gasteiger partial charge in [0.25, 0.3) is 5.91 Å². The number of benzene rings is 1. The molecule has 2 N–H and O–H groups in total. The summed E-state index contributed by atoms with van der Waals surface area (Å²) < 4.78 is 5.14. The zero-order chi connectivity index (χ0) is 21.0. The molecule has 0 unspecified atom stereocenters. The molecule has 0 radical (unpaired) electrons. The van der Waals surface area contributed by atoms with E-state index in [4.69, 9.17) is 4.74 Å². The lowest BCUT2D eigenvalue weighted by molar-refractivity contribution is -0.156. The number of esters is 1. The van der Waals surface area contributed by atoms with Crippen LogP contribution in [0.2, 0.25) is 0 Å². The van der Waals surface area contributed by atoms with Gasteiger partial charge in [-0.3, -0.25) is 19.2 Å². The number of amides is 2. The molecule has 2 aliphatic carbocycles. The Morgan fingerprint density at radius 2 is 1.76 bits per heavy atom. The van der Waals surface area contributed by atoms with Crippen molar-refractivity contribution in [3.63, 3.8) is 0 Å². The number of hydrogen-bond donors (Lipinski definition) is 2. The van der Waals surface area contributed by atoms with Crippen LogP contribution in [-0.4, -0.2) is 36.7 Å². The highest BCUT2D eigenvalue weighted by atomic mass is 16.5. The van der Waals surface area contributed by atoms with Crippen LogP contribution in [0, 0.1) is 31.6 Å². The van der Waals surface area contributed by atoms with Crippen molar-refractivity contribution in [1.29, 1.82) is 0 Å². The second-order valence-corrected chi connectivity index (χ2v) is 8.08. The zero-order valence-corrected chi connectivity index (χ0v) is 17.0. The lowest BCUT2D eigenvalue weighted by Crippen LogP contribution is -2.40. The fourth-order valence-corrected chi connectivity index (χ4v) is 4.24. The third kappa shape index (κ3) is 5.22. The normalized spacial score (nSPS) is 23.2. The van der Waals surface area contributed by atoms with Crippen molar-refractivity contribution in [2.24, 2.45) is 17.8 Å². The van der Waals surface area contributed by atoms with Crippen molar-refractivity contribution in [2.75, 3.05) is 18.5 Å². The van der Waals surface area contributed by atoms with E-state index >= 15 is 0 Å². The molecular formula is C22H28N2O5. The summed E-state index contributed by atoms with van der Waals surface area (Å²) in [5, 5.41) is 5.22. The number of hydrogen-bond acceptors (Lipinski definition) is 5. The summed E-state index contributed by atoms with van der Waals surface area (Å²) in [4.78, 5) is 48.4. The Bertz CT molecular complexity index is 803. The first-order valence-corrected chi connectivity index (χ1v) is 10.2. The van der Waals surface area contributed by atoms with Crippen LogP contribution in [-0.2, 0) is 23.9 Å². The van der Waals surface area contributed by atoms with Crippen molar-refractivity contribution >= 4 is 29.3 Å². The van der Waals surface area contributed by atoms with E-state index in [0.717, 1.165) is 30.4 Å². The van der Waals surface area contributed by atoms with Gasteiger partial charge >= 0.3 is 5.97 Å². The average molecular weight is 400 g/mol. The Morgan fingerprint density at radius 3 is 2.45 bits per heavy atom. The van der Waals surface area contributed by atoms with E-state index < -0.39 is 18.5 Å². The van der Waals surface area contributed by atoms with Crippen LogP contribution < -0.4 is 10.6 Å². The van der Waals surface area contributed by atoms with Gasteiger partial charge < -0.3 is 15.4 Å². The summed E-state index contributed by atoms with van der Waals surface area (Å²) >= 11 is 0. The first-order chi connectivity index (χ1) is 13.8. The van der Waals surface area contributed by atoms with E-state index in [9.17, 15) is 19.2 Å². The predicted molar refractivity (Wildman–Crippen MR) is 107 cm³/mol. The Kier molecular flexibility index (Phi) is 6.67. The van der Waals surface area contributed by atoms with E-state index in [1.54, 1.807) is 6.07 Å². The molecule has 1 aromatic rings.